The zero-order chi connectivity index (χ0) is 12.6. The zero-order valence-corrected chi connectivity index (χ0v) is 12.7. The Hall–Kier alpha value is -0.870. The number of thiazole rings is 1. The van der Waals surface area contributed by atoms with Crippen LogP contribution >= 0.6 is 27.3 Å². The molecule has 1 heterocycles. The SMILES string of the molecule is COc1cc(C)c(C)cc1-c1nc(Br)sc1C. The summed E-state index contributed by atoms with van der Waals surface area (Å²) in [6, 6.07) is 4.21. The van der Waals surface area contributed by atoms with E-state index in [1.165, 1.54) is 16.0 Å². The summed E-state index contributed by atoms with van der Waals surface area (Å²) in [6.45, 7) is 6.27. The van der Waals surface area contributed by atoms with E-state index in [-0.39, 0.29) is 0 Å². The Bertz CT molecular complexity index is 563. The van der Waals surface area contributed by atoms with Crippen molar-refractivity contribution in [2.24, 2.45) is 0 Å². The molecule has 4 heteroatoms. The Morgan fingerprint density at radius 1 is 1.18 bits per heavy atom. The molecule has 1 aromatic heterocycles. The van der Waals surface area contributed by atoms with Crippen LogP contribution < -0.4 is 4.74 Å². The van der Waals surface area contributed by atoms with Gasteiger partial charge in [0, 0.05) is 10.4 Å². The third kappa shape index (κ3) is 2.38. The molecular formula is C13H14BrNOS. The van der Waals surface area contributed by atoms with Crippen LogP contribution in [-0.4, -0.2) is 12.1 Å². The maximum atomic E-state index is 5.45. The number of aromatic nitrogens is 1. The molecule has 0 saturated heterocycles. The van der Waals surface area contributed by atoms with E-state index in [1.54, 1.807) is 18.4 Å². The minimum Gasteiger partial charge on any atom is -0.496 e. The highest BCUT2D eigenvalue weighted by Crippen LogP contribution is 2.37. The Morgan fingerprint density at radius 3 is 2.35 bits per heavy atom. The number of rotatable bonds is 2. The first kappa shape index (κ1) is 12.6. The first-order valence-corrected chi connectivity index (χ1v) is 6.92. The number of benzene rings is 1. The van der Waals surface area contributed by atoms with Gasteiger partial charge < -0.3 is 4.74 Å². The van der Waals surface area contributed by atoms with Gasteiger partial charge in [0.2, 0.25) is 0 Å². The summed E-state index contributed by atoms with van der Waals surface area (Å²) in [5.74, 6) is 0.883. The molecule has 0 bridgehead atoms. The van der Waals surface area contributed by atoms with Gasteiger partial charge in [-0.25, -0.2) is 4.98 Å². The summed E-state index contributed by atoms with van der Waals surface area (Å²) >= 11 is 5.07. The Kier molecular flexibility index (Phi) is 3.54. The van der Waals surface area contributed by atoms with Crippen LogP contribution in [0.2, 0.25) is 0 Å². The molecule has 0 atom stereocenters. The highest BCUT2D eigenvalue weighted by Gasteiger charge is 2.14. The molecule has 2 nitrogen and oxygen atoms in total. The number of methoxy groups -OCH3 is 1. The average Bonchev–Trinajstić information content (AvgIpc) is 2.61. The topological polar surface area (TPSA) is 22.1 Å². The predicted molar refractivity (Wildman–Crippen MR) is 76.0 cm³/mol. The van der Waals surface area contributed by atoms with Crippen molar-refractivity contribution in [3.63, 3.8) is 0 Å². The van der Waals surface area contributed by atoms with E-state index in [0.717, 1.165) is 20.9 Å². The number of hydrogen-bond donors (Lipinski definition) is 0. The fraction of sp³-hybridized carbons (Fsp3) is 0.308. The molecule has 0 amide bonds. The fourth-order valence-electron chi connectivity index (χ4n) is 1.76. The lowest BCUT2D eigenvalue weighted by Gasteiger charge is -2.10. The second-order valence-corrected chi connectivity index (χ2v) is 6.49. The van der Waals surface area contributed by atoms with Crippen molar-refractivity contribution < 1.29 is 4.74 Å². The maximum Gasteiger partial charge on any atom is 0.160 e. The van der Waals surface area contributed by atoms with Gasteiger partial charge in [-0.1, -0.05) is 0 Å². The van der Waals surface area contributed by atoms with Gasteiger partial charge >= 0.3 is 0 Å². The largest absolute Gasteiger partial charge is 0.496 e. The Balaban J connectivity index is 2.66. The standard InChI is InChI=1S/C13H14BrNOS/c1-7-5-10(11(16-4)6-8(7)2)12-9(3)17-13(14)15-12/h5-6H,1-4H3. The summed E-state index contributed by atoms with van der Waals surface area (Å²) in [5, 5.41) is 0. The first-order chi connectivity index (χ1) is 8.02. The van der Waals surface area contributed by atoms with Crippen molar-refractivity contribution in [1.29, 1.82) is 0 Å². The average molecular weight is 312 g/mol. The van der Waals surface area contributed by atoms with Gasteiger partial charge in [0.15, 0.2) is 3.92 Å². The van der Waals surface area contributed by atoms with Gasteiger partial charge in [-0.2, -0.15) is 0 Å². The summed E-state index contributed by atoms with van der Waals surface area (Å²) in [6.07, 6.45) is 0. The molecule has 0 aliphatic rings. The van der Waals surface area contributed by atoms with E-state index in [9.17, 15) is 0 Å². The van der Waals surface area contributed by atoms with Crippen LogP contribution in [-0.2, 0) is 0 Å². The van der Waals surface area contributed by atoms with Crippen LogP contribution in [0.3, 0.4) is 0 Å². The van der Waals surface area contributed by atoms with Crippen LogP contribution in [0.15, 0.2) is 16.0 Å². The molecule has 2 aromatic rings. The van der Waals surface area contributed by atoms with Gasteiger partial charge in [-0.3, -0.25) is 0 Å². The number of hydrogen-bond acceptors (Lipinski definition) is 3. The molecule has 0 aliphatic carbocycles. The van der Waals surface area contributed by atoms with E-state index in [0.29, 0.717) is 0 Å². The van der Waals surface area contributed by atoms with Crippen LogP contribution in [0.1, 0.15) is 16.0 Å². The molecule has 0 fully saturated rings. The lowest BCUT2D eigenvalue weighted by atomic mass is 10.0. The van der Waals surface area contributed by atoms with E-state index >= 15 is 0 Å². The van der Waals surface area contributed by atoms with E-state index in [2.05, 4.69) is 53.8 Å². The molecule has 0 aliphatic heterocycles. The maximum absolute atomic E-state index is 5.45. The highest BCUT2D eigenvalue weighted by molar-refractivity contribution is 9.11. The fourth-order valence-corrected chi connectivity index (χ4v) is 3.31. The number of nitrogens with zero attached hydrogens (tertiary/aromatic N) is 1. The third-order valence-electron chi connectivity index (χ3n) is 2.84. The van der Waals surface area contributed by atoms with Crippen molar-refractivity contribution in [1.82, 2.24) is 4.98 Å². The number of halogens is 1. The van der Waals surface area contributed by atoms with Gasteiger partial charge in [0.25, 0.3) is 0 Å². The van der Waals surface area contributed by atoms with Crippen molar-refractivity contribution in [2.45, 2.75) is 20.8 Å². The van der Waals surface area contributed by atoms with Gasteiger partial charge in [-0.15, -0.1) is 11.3 Å². The Morgan fingerprint density at radius 2 is 1.82 bits per heavy atom. The smallest absolute Gasteiger partial charge is 0.160 e. The minimum atomic E-state index is 0.883. The van der Waals surface area contributed by atoms with Gasteiger partial charge in [0.1, 0.15) is 5.75 Å². The summed E-state index contributed by atoms with van der Waals surface area (Å²) in [4.78, 5) is 5.71. The molecule has 2 rings (SSSR count). The number of ether oxygens (including phenoxy) is 1. The molecule has 0 saturated carbocycles. The Labute approximate surface area is 114 Å². The molecule has 0 radical (unpaired) electrons. The number of aryl methyl sites for hydroxylation is 3. The molecule has 0 unspecified atom stereocenters. The summed E-state index contributed by atoms with van der Waals surface area (Å²) in [7, 11) is 1.70. The van der Waals surface area contributed by atoms with Gasteiger partial charge in [0.05, 0.1) is 12.8 Å². The second kappa shape index (κ2) is 4.78. The van der Waals surface area contributed by atoms with Crippen molar-refractivity contribution >= 4 is 27.3 Å². The van der Waals surface area contributed by atoms with Crippen molar-refractivity contribution in [3.8, 4) is 17.0 Å². The molecule has 0 N–H and O–H groups in total. The normalized spacial score (nSPS) is 10.6. The van der Waals surface area contributed by atoms with Crippen LogP contribution in [0, 0.1) is 20.8 Å². The van der Waals surface area contributed by atoms with Gasteiger partial charge in [-0.05, 0) is 60.0 Å². The highest BCUT2D eigenvalue weighted by atomic mass is 79.9. The van der Waals surface area contributed by atoms with Crippen molar-refractivity contribution in [3.05, 3.63) is 32.1 Å². The summed E-state index contributed by atoms with van der Waals surface area (Å²) in [5.41, 5.74) is 4.55. The first-order valence-electron chi connectivity index (χ1n) is 5.31. The molecule has 0 spiro atoms. The van der Waals surface area contributed by atoms with E-state index < -0.39 is 0 Å². The second-order valence-electron chi connectivity index (χ2n) is 4.01. The van der Waals surface area contributed by atoms with E-state index in [1.807, 2.05) is 0 Å². The van der Waals surface area contributed by atoms with Crippen LogP contribution in [0.4, 0.5) is 0 Å². The molecule has 90 valence electrons. The monoisotopic (exact) mass is 311 g/mol. The zero-order valence-electron chi connectivity index (χ0n) is 10.3. The summed E-state index contributed by atoms with van der Waals surface area (Å²) < 4.78 is 6.36. The molecule has 1 aromatic carbocycles. The van der Waals surface area contributed by atoms with E-state index in [4.69, 9.17) is 4.74 Å². The van der Waals surface area contributed by atoms with Crippen LogP contribution in [0.25, 0.3) is 11.3 Å². The lowest BCUT2D eigenvalue weighted by Crippen LogP contribution is -1.92. The molecular weight excluding hydrogens is 298 g/mol. The predicted octanol–water partition coefficient (Wildman–Crippen LogP) is 4.51. The molecule has 17 heavy (non-hydrogen) atoms. The quantitative estimate of drug-likeness (QED) is 0.814. The third-order valence-corrected chi connectivity index (χ3v) is 4.26. The lowest BCUT2D eigenvalue weighted by molar-refractivity contribution is 0.416. The van der Waals surface area contributed by atoms with Crippen molar-refractivity contribution in [2.75, 3.05) is 7.11 Å². The minimum absolute atomic E-state index is 0.883. The van der Waals surface area contributed by atoms with Crippen LogP contribution in [0.5, 0.6) is 5.75 Å².